The Bertz CT molecular complexity index is 719. The summed E-state index contributed by atoms with van der Waals surface area (Å²) < 4.78 is -0.227. The molecule has 2 heterocycles. The van der Waals surface area contributed by atoms with E-state index in [1.165, 1.54) is 46.4 Å². The third-order valence-corrected chi connectivity index (χ3v) is 9.39. The summed E-state index contributed by atoms with van der Waals surface area (Å²) in [4.78, 5) is 3.97. The maximum Gasteiger partial charge on any atom is 0.191 e. The van der Waals surface area contributed by atoms with Crippen LogP contribution >= 0.6 is 23.5 Å². The van der Waals surface area contributed by atoms with Crippen molar-refractivity contribution in [2.45, 2.75) is 82.9 Å². The number of benzene rings is 1. The van der Waals surface area contributed by atoms with E-state index < -0.39 is 0 Å². The van der Waals surface area contributed by atoms with Crippen LogP contribution in [-0.2, 0) is 0 Å². The fourth-order valence-corrected chi connectivity index (χ4v) is 7.26. The number of likely N-dealkylation sites (tertiary alicyclic amines) is 1. The quantitative estimate of drug-likeness (QED) is 0.397. The molecule has 1 aromatic rings. The molecule has 1 aromatic carbocycles. The molecule has 1 atom stereocenters. The summed E-state index contributed by atoms with van der Waals surface area (Å²) in [6, 6.07) is 4.91. The van der Waals surface area contributed by atoms with Gasteiger partial charge in [-0.15, -0.1) is 0 Å². The molecule has 1 saturated heterocycles. The molecule has 1 unspecified atom stereocenters. The van der Waals surface area contributed by atoms with Crippen LogP contribution in [0.2, 0.25) is 0 Å². The maximum absolute atomic E-state index is 6.48. The van der Waals surface area contributed by atoms with Gasteiger partial charge < -0.3 is 0 Å². The second-order valence-electron chi connectivity index (χ2n) is 9.45. The summed E-state index contributed by atoms with van der Waals surface area (Å²) in [5.41, 5.74) is 5.87. The maximum atomic E-state index is 6.48. The van der Waals surface area contributed by atoms with E-state index in [-0.39, 0.29) is 4.33 Å². The van der Waals surface area contributed by atoms with Crippen LogP contribution in [0.3, 0.4) is 0 Å². The summed E-state index contributed by atoms with van der Waals surface area (Å²) in [6.45, 7) is 16.2. The summed E-state index contributed by atoms with van der Waals surface area (Å²) >= 11 is 3.84. The first-order chi connectivity index (χ1) is 13.7. The summed E-state index contributed by atoms with van der Waals surface area (Å²) in [7, 11) is 2.03. The zero-order valence-electron chi connectivity index (χ0n) is 19.3. The summed E-state index contributed by atoms with van der Waals surface area (Å²) in [5, 5.41) is 4.31. The van der Waals surface area contributed by atoms with Gasteiger partial charge in [0, 0.05) is 25.0 Å². The van der Waals surface area contributed by atoms with Gasteiger partial charge in [0.15, 0.2) is 4.33 Å². The van der Waals surface area contributed by atoms with Crippen molar-refractivity contribution in [1.29, 1.82) is 0 Å². The minimum atomic E-state index is -0.227. The first kappa shape index (κ1) is 23.2. The van der Waals surface area contributed by atoms with E-state index in [2.05, 4.69) is 64.0 Å². The van der Waals surface area contributed by atoms with Crippen molar-refractivity contribution in [2.75, 3.05) is 20.1 Å². The zero-order chi connectivity index (χ0) is 21.3. The minimum absolute atomic E-state index is 0.227. The summed E-state index contributed by atoms with van der Waals surface area (Å²) in [5.74, 6) is 8.01. The van der Waals surface area contributed by atoms with E-state index >= 15 is 0 Å². The van der Waals surface area contributed by atoms with Crippen molar-refractivity contribution < 1.29 is 0 Å². The van der Waals surface area contributed by atoms with Crippen molar-refractivity contribution in [3.8, 4) is 0 Å². The van der Waals surface area contributed by atoms with Crippen LogP contribution in [0.4, 0.5) is 0 Å². The van der Waals surface area contributed by atoms with Gasteiger partial charge in [-0.25, -0.2) is 5.01 Å². The highest BCUT2D eigenvalue weighted by atomic mass is 32.2. The Morgan fingerprint density at radius 2 is 1.48 bits per heavy atom. The predicted octanol–water partition coefficient (Wildman–Crippen LogP) is 6.74. The van der Waals surface area contributed by atoms with Crippen LogP contribution < -0.4 is 5.84 Å². The highest BCUT2D eigenvalue weighted by Gasteiger charge is 2.46. The highest BCUT2D eigenvalue weighted by molar-refractivity contribution is 8.27. The Morgan fingerprint density at radius 3 is 1.93 bits per heavy atom. The largest absolute Gasteiger partial charge is 0.266 e. The number of rotatable bonds is 6. The molecule has 1 fully saturated rings. The van der Waals surface area contributed by atoms with Crippen LogP contribution in [-0.4, -0.2) is 34.4 Å². The lowest BCUT2D eigenvalue weighted by Crippen LogP contribution is -2.57. The standard InChI is InChI=1S/C24H39N3S2/c1-16(2)19-13-20(17(3)4)23(21(14-19)18(5)6)22-15-28-24(29-22,26(7)25)27-11-9-8-10-12-27/h13-18H,8-12,25H2,1-7H3. The molecule has 2 aliphatic rings. The lowest BCUT2D eigenvalue weighted by Gasteiger charge is -2.45. The van der Waals surface area contributed by atoms with Gasteiger partial charge in [0.1, 0.15) is 0 Å². The van der Waals surface area contributed by atoms with Crippen molar-refractivity contribution in [1.82, 2.24) is 9.91 Å². The van der Waals surface area contributed by atoms with Crippen LogP contribution in [0, 0.1) is 0 Å². The molecule has 0 aromatic heterocycles. The third kappa shape index (κ3) is 4.59. The Morgan fingerprint density at radius 1 is 0.931 bits per heavy atom. The first-order valence-electron chi connectivity index (χ1n) is 11.2. The van der Waals surface area contributed by atoms with E-state index in [4.69, 9.17) is 5.84 Å². The lowest BCUT2D eigenvalue weighted by atomic mass is 9.84. The molecule has 5 heteroatoms. The van der Waals surface area contributed by atoms with E-state index in [9.17, 15) is 0 Å². The lowest BCUT2D eigenvalue weighted by molar-refractivity contribution is 0.0845. The Balaban J connectivity index is 2.06. The second kappa shape index (κ2) is 9.35. The Labute approximate surface area is 186 Å². The molecular formula is C24H39N3S2. The van der Waals surface area contributed by atoms with E-state index in [1.807, 2.05) is 35.6 Å². The molecule has 29 heavy (non-hydrogen) atoms. The van der Waals surface area contributed by atoms with Crippen molar-refractivity contribution in [3.05, 3.63) is 39.8 Å². The molecular weight excluding hydrogens is 394 g/mol. The first-order valence-corrected chi connectivity index (χ1v) is 12.9. The minimum Gasteiger partial charge on any atom is -0.266 e. The Hall–Kier alpha value is -0.460. The van der Waals surface area contributed by atoms with Crippen molar-refractivity contribution in [2.24, 2.45) is 5.84 Å². The number of nitrogens with two attached hydrogens (primary N) is 1. The highest BCUT2D eigenvalue weighted by Crippen LogP contribution is 2.58. The second-order valence-corrected chi connectivity index (χ2v) is 12.0. The molecule has 0 bridgehead atoms. The van der Waals surface area contributed by atoms with E-state index in [0.717, 1.165) is 13.1 Å². The van der Waals surface area contributed by atoms with E-state index in [1.54, 1.807) is 0 Å². The monoisotopic (exact) mass is 433 g/mol. The molecule has 0 spiro atoms. The Kier molecular flexibility index (Phi) is 7.49. The predicted molar refractivity (Wildman–Crippen MR) is 132 cm³/mol. The average Bonchev–Trinajstić information content (AvgIpc) is 3.14. The number of hydrazine groups is 1. The number of nitrogens with zero attached hydrogens (tertiary/aromatic N) is 2. The average molecular weight is 434 g/mol. The number of thioether (sulfide) groups is 2. The molecule has 3 nitrogen and oxygen atoms in total. The SMILES string of the molecule is CC(C)c1cc(C(C)C)c(C2=CSC(N(C)N)(N3CCCCC3)S2)c(C(C)C)c1. The zero-order valence-corrected chi connectivity index (χ0v) is 20.9. The molecule has 3 rings (SSSR count). The fraction of sp³-hybridized carbons (Fsp3) is 0.667. The van der Waals surface area contributed by atoms with Gasteiger partial charge in [-0.3, -0.25) is 10.7 Å². The third-order valence-electron chi connectivity index (χ3n) is 6.14. The van der Waals surface area contributed by atoms with Gasteiger partial charge in [-0.05, 0) is 58.3 Å². The normalized spacial score (nSPS) is 23.7. The smallest absolute Gasteiger partial charge is 0.191 e. The fourth-order valence-electron chi connectivity index (χ4n) is 4.37. The topological polar surface area (TPSA) is 32.5 Å². The van der Waals surface area contributed by atoms with Crippen LogP contribution in [0.1, 0.15) is 101 Å². The van der Waals surface area contributed by atoms with Crippen LogP contribution in [0.25, 0.3) is 4.91 Å². The van der Waals surface area contributed by atoms with Crippen molar-refractivity contribution in [3.63, 3.8) is 0 Å². The van der Waals surface area contributed by atoms with Gasteiger partial charge >= 0.3 is 0 Å². The molecule has 162 valence electrons. The molecule has 0 amide bonds. The van der Waals surface area contributed by atoms with E-state index in [0.29, 0.717) is 17.8 Å². The van der Waals surface area contributed by atoms with Gasteiger partial charge in [0.25, 0.3) is 0 Å². The molecule has 2 aliphatic heterocycles. The van der Waals surface area contributed by atoms with Gasteiger partial charge in [0.05, 0.1) is 0 Å². The van der Waals surface area contributed by atoms with Gasteiger partial charge in [-0.1, -0.05) is 83.6 Å². The number of hydrogen-bond acceptors (Lipinski definition) is 5. The van der Waals surface area contributed by atoms with Gasteiger partial charge in [0.2, 0.25) is 0 Å². The van der Waals surface area contributed by atoms with Crippen molar-refractivity contribution >= 4 is 28.4 Å². The molecule has 0 saturated carbocycles. The number of hydrogen-bond donors (Lipinski definition) is 1. The van der Waals surface area contributed by atoms with Gasteiger partial charge in [-0.2, -0.15) is 0 Å². The molecule has 0 aliphatic carbocycles. The molecule has 2 N–H and O–H groups in total. The van der Waals surface area contributed by atoms with Crippen LogP contribution in [0.15, 0.2) is 17.5 Å². The number of piperidine rings is 1. The summed E-state index contributed by atoms with van der Waals surface area (Å²) in [6.07, 6.45) is 3.87. The molecule has 0 radical (unpaired) electrons. The van der Waals surface area contributed by atoms with Crippen LogP contribution in [0.5, 0.6) is 0 Å².